The van der Waals surface area contributed by atoms with Crippen molar-refractivity contribution in [3.8, 4) is 11.5 Å². The lowest BCUT2D eigenvalue weighted by Gasteiger charge is -2.30. The molecule has 162 valence electrons. The molecule has 0 aliphatic carbocycles. The van der Waals surface area contributed by atoms with E-state index in [-0.39, 0.29) is 6.10 Å². The van der Waals surface area contributed by atoms with Gasteiger partial charge < -0.3 is 14.2 Å². The molecule has 3 heterocycles. The minimum atomic E-state index is 0.234. The van der Waals surface area contributed by atoms with E-state index in [1.807, 2.05) is 25.4 Å². The van der Waals surface area contributed by atoms with Crippen molar-refractivity contribution in [3.63, 3.8) is 0 Å². The highest BCUT2D eigenvalue weighted by atomic mass is 16.5. The van der Waals surface area contributed by atoms with E-state index in [4.69, 9.17) is 14.2 Å². The SMILES string of the molecule is CCOc1cc2c(cc1CN(CCN1CCOCC1)Cc1cccnc1)O[C@@H](C)C2. The van der Waals surface area contributed by atoms with Gasteiger partial charge in [0.15, 0.2) is 0 Å². The van der Waals surface area contributed by atoms with Crippen LogP contribution in [0.25, 0.3) is 0 Å². The Morgan fingerprint density at radius 3 is 2.87 bits per heavy atom. The van der Waals surface area contributed by atoms with Gasteiger partial charge in [0.2, 0.25) is 0 Å². The van der Waals surface area contributed by atoms with Gasteiger partial charge in [-0.1, -0.05) is 6.07 Å². The van der Waals surface area contributed by atoms with Crippen molar-refractivity contribution in [2.24, 2.45) is 0 Å². The second kappa shape index (κ2) is 10.2. The summed E-state index contributed by atoms with van der Waals surface area (Å²) < 4.78 is 17.5. The van der Waals surface area contributed by atoms with Crippen molar-refractivity contribution in [2.75, 3.05) is 46.0 Å². The van der Waals surface area contributed by atoms with Gasteiger partial charge in [0, 0.05) is 69.2 Å². The fourth-order valence-electron chi connectivity index (χ4n) is 4.21. The first-order valence-electron chi connectivity index (χ1n) is 11.1. The number of hydrogen-bond donors (Lipinski definition) is 0. The number of rotatable bonds is 9. The van der Waals surface area contributed by atoms with Crippen LogP contribution >= 0.6 is 0 Å². The lowest BCUT2D eigenvalue weighted by Crippen LogP contribution is -2.41. The molecule has 30 heavy (non-hydrogen) atoms. The molecule has 1 atom stereocenters. The van der Waals surface area contributed by atoms with Gasteiger partial charge >= 0.3 is 0 Å². The molecule has 0 saturated carbocycles. The number of morpholine rings is 1. The summed E-state index contributed by atoms with van der Waals surface area (Å²) in [6.45, 7) is 12.2. The number of nitrogens with zero attached hydrogens (tertiary/aromatic N) is 3. The van der Waals surface area contributed by atoms with Crippen molar-refractivity contribution < 1.29 is 14.2 Å². The lowest BCUT2D eigenvalue weighted by atomic mass is 10.1. The van der Waals surface area contributed by atoms with Crippen molar-refractivity contribution in [3.05, 3.63) is 53.3 Å². The summed E-state index contributed by atoms with van der Waals surface area (Å²) in [6, 6.07) is 8.52. The molecule has 2 aliphatic rings. The highest BCUT2D eigenvalue weighted by molar-refractivity contribution is 5.48. The van der Waals surface area contributed by atoms with E-state index in [1.165, 1.54) is 16.7 Å². The van der Waals surface area contributed by atoms with Crippen LogP contribution in [0.5, 0.6) is 11.5 Å². The first kappa shape index (κ1) is 21.1. The highest BCUT2D eigenvalue weighted by Crippen LogP contribution is 2.35. The summed E-state index contributed by atoms with van der Waals surface area (Å²) in [7, 11) is 0. The van der Waals surface area contributed by atoms with E-state index in [9.17, 15) is 0 Å². The van der Waals surface area contributed by atoms with Crippen molar-refractivity contribution in [1.29, 1.82) is 0 Å². The molecular weight excluding hydrogens is 378 g/mol. The predicted octanol–water partition coefficient (Wildman–Crippen LogP) is 3.14. The highest BCUT2D eigenvalue weighted by Gasteiger charge is 2.23. The Labute approximate surface area is 179 Å². The van der Waals surface area contributed by atoms with Crippen LogP contribution in [0, 0.1) is 0 Å². The molecule has 0 N–H and O–H groups in total. The number of fused-ring (bicyclic) bond motifs is 1. The van der Waals surface area contributed by atoms with E-state index >= 15 is 0 Å². The molecule has 0 spiro atoms. The molecule has 2 aromatic rings. The minimum absolute atomic E-state index is 0.234. The first-order valence-corrected chi connectivity index (χ1v) is 11.1. The third-order valence-corrected chi connectivity index (χ3v) is 5.74. The summed E-state index contributed by atoms with van der Waals surface area (Å²) >= 11 is 0. The van der Waals surface area contributed by atoms with Gasteiger partial charge in [-0.05, 0) is 37.6 Å². The summed E-state index contributed by atoms with van der Waals surface area (Å²) in [6.07, 6.45) is 4.97. The number of benzene rings is 1. The van der Waals surface area contributed by atoms with E-state index < -0.39 is 0 Å². The Hall–Kier alpha value is -2.15. The van der Waals surface area contributed by atoms with Gasteiger partial charge in [0.1, 0.15) is 17.6 Å². The first-order chi connectivity index (χ1) is 14.7. The Bertz CT molecular complexity index is 809. The molecule has 2 aliphatic heterocycles. The van der Waals surface area contributed by atoms with Crippen LogP contribution in [0.15, 0.2) is 36.7 Å². The molecule has 1 fully saturated rings. The summed E-state index contributed by atoms with van der Waals surface area (Å²) in [4.78, 5) is 9.26. The largest absolute Gasteiger partial charge is 0.494 e. The quantitative estimate of drug-likeness (QED) is 0.632. The van der Waals surface area contributed by atoms with Crippen LogP contribution < -0.4 is 9.47 Å². The average Bonchev–Trinajstić information content (AvgIpc) is 3.12. The number of pyridine rings is 1. The molecule has 0 unspecified atom stereocenters. The Morgan fingerprint density at radius 2 is 2.10 bits per heavy atom. The molecule has 4 rings (SSSR count). The molecule has 1 saturated heterocycles. The van der Waals surface area contributed by atoms with Gasteiger partial charge in [-0.2, -0.15) is 0 Å². The monoisotopic (exact) mass is 411 g/mol. The maximum atomic E-state index is 6.03. The second-order valence-corrected chi connectivity index (χ2v) is 8.16. The molecular formula is C24H33N3O3. The molecule has 6 nitrogen and oxygen atoms in total. The number of hydrogen-bond acceptors (Lipinski definition) is 6. The zero-order chi connectivity index (χ0) is 20.8. The second-order valence-electron chi connectivity index (χ2n) is 8.16. The van der Waals surface area contributed by atoms with E-state index in [0.717, 1.165) is 70.4 Å². The van der Waals surface area contributed by atoms with Gasteiger partial charge in [0.25, 0.3) is 0 Å². The molecule has 0 amide bonds. The fraction of sp³-hybridized carbons (Fsp3) is 0.542. The van der Waals surface area contributed by atoms with Crippen LogP contribution in [0.1, 0.15) is 30.5 Å². The van der Waals surface area contributed by atoms with Crippen LogP contribution in [-0.2, 0) is 24.2 Å². The Morgan fingerprint density at radius 1 is 1.23 bits per heavy atom. The van der Waals surface area contributed by atoms with Crippen molar-refractivity contribution in [1.82, 2.24) is 14.8 Å². The summed E-state index contributed by atoms with van der Waals surface area (Å²) in [5.74, 6) is 1.99. The number of ether oxygens (including phenoxy) is 3. The predicted molar refractivity (Wildman–Crippen MR) is 117 cm³/mol. The van der Waals surface area contributed by atoms with Gasteiger partial charge in [-0.15, -0.1) is 0 Å². The van der Waals surface area contributed by atoms with Gasteiger partial charge in [-0.3, -0.25) is 14.8 Å². The van der Waals surface area contributed by atoms with Crippen molar-refractivity contribution >= 4 is 0 Å². The molecule has 6 heteroatoms. The van der Waals surface area contributed by atoms with Gasteiger partial charge in [-0.25, -0.2) is 0 Å². The molecule has 1 aromatic heterocycles. The summed E-state index contributed by atoms with van der Waals surface area (Å²) in [5, 5.41) is 0. The molecule has 1 aromatic carbocycles. The summed E-state index contributed by atoms with van der Waals surface area (Å²) in [5.41, 5.74) is 3.67. The topological polar surface area (TPSA) is 47.1 Å². The van der Waals surface area contributed by atoms with E-state index in [1.54, 1.807) is 0 Å². The molecule has 0 radical (unpaired) electrons. The smallest absolute Gasteiger partial charge is 0.124 e. The zero-order valence-electron chi connectivity index (χ0n) is 18.2. The van der Waals surface area contributed by atoms with Crippen LogP contribution in [0.4, 0.5) is 0 Å². The zero-order valence-corrected chi connectivity index (χ0v) is 18.2. The third-order valence-electron chi connectivity index (χ3n) is 5.74. The molecule has 0 bridgehead atoms. The number of aromatic nitrogens is 1. The average molecular weight is 412 g/mol. The van der Waals surface area contributed by atoms with Crippen LogP contribution in [0.2, 0.25) is 0 Å². The third kappa shape index (κ3) is 5.50. The normalized spacial score (nSPS) is 19.0. The maximum Gasteiger partial charge on any atom is 0.124 e. The van der Waals surface area contributed by atoms with Crippen molar-refractivity contribution in [2.45, 2.75) is 39.5 Å². The van der Waals surface area contributed by atoms with Gasteiger partial charge in [0.05, 0.1) is 19.8 Å². The Kier molecular flexibility index (Phi) is 7.20. The van der Waals surface area contributed by atoms with Crippen LogP contribution in [0.3, 0.4) is 0 Å². The standard InChI is InChI=1S/C24H33N3O3/c1-3-29-23-14-21-13-19(2)30-24(21)15-22(23)18-27(17-20-5-4-6-25-16-20)8-7-26-9-11-28-12-10-26/h4-6,14-16,19H,3,7-13,17-18H2,1-2H3/t19-/m0/s1. The van der Waals surface area contributed by atoms with E-state index in [2.05, 4.69) is 39.9 Å². The van der Waals surface area contributed by atoms with E-state index in [0.29, 0.717) is 6.61 Å². The Balaban J connectivity index is 1.51. The van der Waals surface area contributed by atoms with Crippen LogP contribution in [-0.4, -0.2) is 66.9 Å². The minimum Gasteiger partial charge on any atom is -0.494 e. The fourth-order valence-corrected chi connectivity index (χ4v) is 4.21. The maximum absolute atomic E-state index is 6.03. The lowest BCUT2D eigenvalue weighted by molar-refractivity contribution is 0.0324.